The lowest BCUT2D eigenvalue weighted by Gasteiger charge is -2.26. The predicted octanol–water partition coefficient (Wildman–Crippen LogP) is 2.48. The summed E-state index contributed by atoms with van der Waals surface area (Å²) in [6.45, 7) is 2.96. The summed E-state index contributed by atoms with van der Waals surface area (Å²) in [7, 11) is 4.79. The minimum atomic E-state index is -0.161. The molecule has 1 amide bonds. The topological polar surface area (TPSA) is 82.2 Å². The van der Waals surface area contributed by atoms with Gasteiger partial charge in [-0.1, -0.05) is 11.3 Å². The summed E-state index contributed by atoms with van der Waals surface area (Å²) in [6, 6.07) is 3.68. The van der Waals surface area contributed by atoms with Crippen molar-refractivity contribution in [2.45, 2.75) is 12.3 Å². The minimum Gasteiger partial charge on any atom is -0.496 e. The number of aromatic nitrogens is 1. The highest BCUT2D eigenvalue weighted by Crippen LogP contribution is 2.48. The minimum absolute atomic E-state index is 0.0619. The maximum absolute atomic E-state index is 12.4. The van der Waals surface area contributed by atoms with Gasteiger partial charge in [-0.05, 0) is 6.07 Å². The zero-order valence-corrected chi connectivity index (χ0v) is 16.9. The van der Waals surface area contributed by atoms with E-state index in [1.54, 1.807) is 38.7 Å². The van der Waals surface area contributed by atoms with Gasteiger partial charge in [0.25, 0.3) is 0 Å². The van der Waals surface area contributed by atoms with Gasteiger partial charge in [0.15, 0.2) is 16.6 Å². The van der Waals surface area contributed by atoms with Crippen LogP contribution in [-0.4, -0.2) is 58.5 Å². The Labute approximate surface area is 167 Å². The molecule has 4 rings (SSSR count). The van der Waals surface area contributed by atoms with E-state index < -0.39 is 0 Å². The van der Waals surface area contributed by atoms with Crippen molar-refractivity contribution in [3.63, 3.8) is 0 Å². The number of nitrogens with one attached hydrogen (secondary N) is 1. The van der Waals surface area contributed by atoms with Crippen molar-refractivity contribution < 1.29 is 23.7 Å². The molecule has 1 atom stereocenters. The molecule has 0 radical (unpaired) electrons. The average Bonchev–Trinajstić information content (AvgIpc) is 3.16. The molecule has 2 aromatic rings. The first-order valence-corrected chi connectivity index (χ1v) is 9.89. The van der Waals surface area contributed by atoms with Crippen LogP contribution in [0.5, 0.6) is 17.2 Å². The normalized spacial score (nSPS) is 19.0. The number of amides is 1. The fraction of sp³-hybridized carbons (Fsp3) is 0.474. The third-order valence-electron chi connectivity index (χ3n) is 5.00. The SMILES string of the molecule is COc1cc(OC)c([C@H]2CC(=O)Nc3nc(N4CCOCC4)sc32)cc1OC. The number of fused-ring (bicyclic) bond motifs is 1. The van der Waals surface area contributed by atoms with Crippen molar-refractivity contribution in [3.8, 4) is 17.2 Å². The summed E-state index contributed by atoms with van der Waals surface area (Å²) in [5.74, 6) is 2.25. The van der Waals surface area contributed by atoms with Gasteiger partial charge in [0.1, 0.15) is 11.6 Å². The molecule has 3 heterocycles. The maximum Gasteiger partial charge on any atom is 0.226 e. The highest BCUT2D eigenvalue weighted by Gasteiger charge is 2.34. The first-order chi connectivity index (χ1) is 13.6. The molecular weight excluding hydrogens is 382 g/mol. The van der Waals surface area contributed by atoms with Crippen LogP contribution >= 0.6 is 11.3 Å². The Kier molecular flexibility index (Phi) is 5.27. The van der Waals surface area contributed by atoms with Gasteiger partial charge >= 0.3 is 0 Å². The largest absolute Gasteiger partial charge is 0.496 e. The first kappa shape index (κ1) is 18.8. The van der Waals surface area contributed by atoms with Crippen LogP contribution in [0.2, 0.25) is 0 Å². The van der Waals surface area contributed by atoms with Crippen molar-refractivity contribution in [3.05, 3.63) is 22.6 Å². The lowest BCUT2D eigenvalue weighted by atomic mass is 9.90. The number of methoxy groups -OCH3 is 3. The molecule has 0 unspecified atom stereocenters. The quantitative estimate of drug-likeness (QED) is 0.818. The number of hydrogen-bond donors (Lipinski definition) is 1. The maximum atomic E-state index is 12.4. The summed E-state index contributed by atoms with van der Waals surface area (Å²) < 4.78 is 21.9. The van der Waals surface area contributed by atoms with Crippen LogP contribution in [-0.2, 0) is 9.53 Å². The van der Waals surface area contributed by atoms with Gasteiger partial charge in [0.2, 0.25) is 5.91 Å². The Morgan fingerprint density at radius 1 is 1.11 bits per heavy atom. The first-order valence-electron chi connectivity index (χ1n) is 9.07. The van der Waals surface area contributed by atoms with Crippen molar-refractivity contribution in [1.82, 2.24) is 4.98 Å². The van der Waals surface area contributed by atoms with Crippen molar-refractivity contribution in [2.24, 2.45) is 0 Å². The second-order valence-corrected chi connectivity index (χ2v) is 7.57. The van der Waals surface area contributed by atoms with Crippen LogP contribution < -0.4 is 24.4 Å². The number of benzene rings is 1. The van der Waals surface area contributed by atoms with E-state index in [0.717, 1.165) is 28.7 Å². The van der Waals surface area contributed by atoms with Gasteiger partial charge in [-0.3, -0.25) is 4.79 Å². The molecule has 9 heteroatoms. The van der Waals surface area contributed by atoms with Crippen LogP contribution in [0.15, 0.2) is 12.1 Å². The number of thiazole rings is 1. The lowest BCUT2D eigenvalue weighted by Crippen LogP contribution is -2.36. The van der Waals surface area contributed by atoms with Crippen LogP contribution in [0.4, 0.5) is 10.9 Å². The van der Waals surface area contributed by atoms with E-state index in [1.807, 2.05) is 6.07 Å². The molecule has 8 nitrogen and oxygen atoms in total. The summed E-state index contributed by atoms with van der Waals surface area (Å²) in [4.78, 5) is 20.3. The van der Waals surface area contributed by atoms with E-state index in [2.05, 4.69) is 10.2 Å². The highest BCUT2D eigenvalue weighted by molar-refractivity contribution is 7.16. The van der Waals surface area contributed by atoms with E-state index in [9.17, 15) is 4.79 Å². The number of carbonyl (C=O) groups is 1. The third-order valence-corrected chi connectivity index (χ3v) is 6.23. The summed E-state index contributed by atoms with van der Waals surface area (Å²) in [5.41, 5.74) is 0.883. The summed E-state index contributed by atoms with van der Waals surface area (Å²) in [6.07, 6.45) is 0.323. The smallest absolute Gasteiger partial charge is 0.226 e. The summed E-state index contributed by atoms with van der Waals surface area (Å²) >= 11 is 1.61. The molecule has 0 saturated carbocycles. The molecule has 1 aromatic heterocycles. The number of morpholine rings is 1. The molecule has 1 fully saturated rings. The second kappa shape index (κ2) is 7.84. The molecule has 0 spiro atoms. The molecule has 2 aliphatic heterocycles. The lowest BCUT2D eigenvalue weighted by molar-refractivity contribution is -0.116. The van der Waals surface area contributed by atoms with Crippen LogP contribution in [0, 0.1) is 0 Å². The molecule has 0 aliphatic carbocycles. The highest BCUT2D eigenvalue weighted by atomic mass is 32.1. The average molecular weight is 405 g/mol. The fourth-order valence-corrected chi connectivity index (χ4v) is 4.76. The Morgan fingerprint density at radius 2 is 1.79 bits per heavy atom. The van der Waals surface area contributed by atoms with E-state index in [1.165, 1.54) is 0 Å². The van der Waals surface area contributed by atoms with Crippen LogP contribution in [0.25, 0.3) is 0 Å². The second-order valence-electron chi connectivity index (χ2n) is 6.56. The van der Waals surface area contributed by atoms with Gasteiger partial charge in [-0.25, -0.2) is 4.98 Å². The van der Waals surface area contributed by atoms with Gasteiger partial charge < -0.3 is 29.2 Å². The summed E-state index contributed by atoms with van der Waals surface area (Å²) in [5, 5.41) is 3.82. The van der Waals surface area contributed by atoms with Gasteiger partial charge in [0.05, 0.1) is 39.4 Å². The fourth-order valence-electron chi connectivity index (χ4n) is 3.57. The number of ether oxygens (including phenoxy) is 4. The van der Waals surface area contributed by atoms with Crippen molar-refractivity contribution >= 4 is 28.2 Å². The van der Waals surface area contributed by atoms with Gasteiger partial charge in [-0.2, -0.15) is 0 Å². The molecule has 2 aliphatic rings. The van der Waals surface area contributed by atoms with E-state index in [-0.39, 0.29) is 11.8 Å². The molecule has 1 saturated heterocycles. The molecule has 1 aromatic carbocycles. The van der Waals surface area contributed by atoms with Crippen molar-refractivity contribution in [1.29, 1.82) is 0 Å². The number of nitrogens with zero attached hydrogens (tertiary/aromatic N) is 2. The number of anilines is 2. The monoisotopic (exact) mass is 405 g/mol. The van der Waals surface area contributed by atoms with Gasteiger partial charge in [0, 0.05) is 37.1 Å². The van der Waals surface area contributed by atoms with E-state index in [0.29, 0.717) is 42.7 Å². The zero-order chi connectivity index (χ0) is 19.7. The number of hydrogen-bond acceptors (Lipinski definition) is 8. The Bertz CT molecular complexity index is 879. The molecule has 150 valence electrons. The van der Waals surface area contributed by atoms with Crippen LogP contribution in [0.1, 0.15) is 22.8 Å². The standard InChI is InChI=1S/C19H23N3O5S/c1-24-13-10-15(26-3)14(25-2)8-11(13)12-9-16(23)20-18-17(12)28-19(21-18)22-4-6-27-7-5-22/h8,10,12H,4-7,9H2,1-3H3,(H,20,23)/t12-/m1/s1. The molecule has 0 bridgehead atoms. The number of rotatable bonds is 5. The van der Waals surface area contributed by atoms with Crippen molar-refractivity contribution in [2.75, 3.05) is 57.8 Å². The van der Waals surface area contributed by atoms with Gasteiger partial charge in [-0.15, -0.1) is 0 Å². The molecule has 1 N–H and O–H groups in total. The number of carbonyl (C=O) groups excluding carboxylic acids is 1. The Morgan fingerprint density at radius 3 is 2.46 bits per heavy atom. The zero-order valence-electron chi connectivity index (χ0n) is 16.1. The van der Waals surface area contributed by atoms with E-state index in [4.69, 9.17) is 23.9 Å². The van der Waals surface area contributed by atoms with E-state index >= 15 is 0 Å². The Hall–Kier alpha value is -2.52. The third kappa shape index (κ3) is 3.35. The molecule has 28 heavy (non-hydrogen) atoms. The Balaban J connectivity index is 1.77. The predicted molar refractivity (Wildman–Crippen MR) is 106 cm³/mol. The molecular formula is C19H23N3O5S. The van der Waals surface area contributed by atoms with Crippen LogP contribution in [0.3, 0.4) is 0 Å².